The quantitative estimate of drug-likeness (QED) is 0.501. The SMILES string of the molecule is C[C@H](N)C(=O)NC(=O)[C@@H]1CCCN1. The Hall–Kier alpha value is -0.940. The Morgan fingerprint density at radius 2 is 2.31 bits per heavy atom. The lowest BCUT2D eigenvalue weighted by Crippen LogP contribution is -2.48. The van der Waals surface area contributed by atoms with Crippen LogP contribution in [-0.2, 0) is 9.59 Å². The molecule has 0 aliphatic carbocycles. The second-order valence-corrected chi connectivity index (χ2v) is 3.29. The lowest BCUT2D eigenvalue weighted by molar-refractivity contribution is -0.131. The van der Waals surface area contributed by atoms with E-state index in [0.717, 1.165) is 19.4 Å². The van der Waals surface area contributed by atoms with Crippen LogP contribution in [0.4, 0.5) is 0 Å². The minimum absolute atomic E-state index is 0.220. The first-order valence-corrected chi connectivity index (χ1v) is 4.45. The molecule has 74 valence electrons. The molecule has 5 heteroatoms. The summed E-state index contributed by atoms with van der Waals surface area (Å²) in [7, 11) is 0. The molecule has 13 heavy (non-hydrogen) atoms. The van der Waals surface area contributed by atoms with Crippen molar-refractivity contribution in [3.05, 3.63) is 0 Å². The highest BCUT2D eigenvalue weighted by atomic mass is 16.2. The Labute approximate surface area is 77.1 Å². The van der Waals surface area contributed by atoms with Crippen LogP contribution in [0.25, 0.3) is 0 Å². The van der Waals surface area contributed by atoms with Gasteiger partial charge in [-0.1, -0.05) is 0 Å². The van der Waals surface area contributed by atoms with Gasteiger partial charge in [0.05, 0.1) is 12.1 Å². The molecule has 5 nitrogen and oxygen atoms in total. The van der Waals surface area contributed by atoms with Crippen LogP contribution >= 0.6 is 0 Å². The van der Waals surface area contributed by atoms with E-state index in [-0.39, 0.29) is 11.9 Å². The number of carbonyl (C=O) groups is 2. The van der Waals surface area contributed by atoms with Gasteiger partial charge in [0.2, 0.25) is 11.8 Å². The number of hydrogen-bond acceptors (Lipinski definition) is 4. The molecule has 0 aromatic carbocycles. The third-order valence-corrected chi connectivity index (χ3v) is 2.04. The van der Waals surface area contributed by atoms with E-state index < -0.39 is 11.9 Å². The molecule has 2 atom stereocenters. The largest absolute Gasteiger partial charge is 0.320 e. The van der Waals surface area contributed by atoms with Crippen LogP contribution in [0.1, 0.15) is 19.8 Å². The van der Waals surface area contributed by atoms with E-state index in [0.29, 0.717) is 0 Å². The Morgan fingerprint density at radius 1 is 1.62 bits per heavy atom. The van der Waals surface area contributed by atoms with Crippen molar-refractivity contribution in [2.45, 2.75) is 31.8 Å². The lowest BCUT2D eigenvalue weighted by Gasteiger charge is -2.11. The Balaban J connectivity index is 2.36. The van der Waals surface area contributed by atoms with Crippen molar-refractivity contribution in [2.24, 2.45) is 5.73 Å². The molecule has 1 saturated heterocycles. The summed E-state index contributed by atoms with van der Waals surface area (Å²) >= 11 is 0. The number of imide groups is 1. The van der Waals surface area contributed by atoms with Gasteiger partial charge in [0.15, 0.2) is 0 Å². The van der Waals surface area contributed by atoms with Gasteiger partial charge < -0.3 is 11.1 Å². The number of amides is 2. The molecular weight excluding hydrogens is 170 g/mol. The monoisotopic (exact) mass is 185 g/mol. The molecule has 0 spiro atoms. The van der Waals surface area contributed by atoms with E-state index in [1.807, 2.05) is 0 Å². The zero-order valence-electron chi connectivity index (χ0n) is 7.67. The third-order valence-electron chi connectivity index (χ3n) is 2.04. The van der Waals surface area contributed by atoms with Gasteiger partial charge in [-0.25, -0.2) is 0 Å². The van der Waals surface area contributed by atoms with Gasteiger partial charge in [0, 0.05) is 0 Å². The summed E-state index contributed by atoms with van der Waals surface area (Å²) < 4.78 is 0. The molecule has 0 aromatic rings. The van der Waals surface area contributed by atoms with E-state index in [4.69, 9.17) is 5.73 Å². The van der Waals surface area contributed by atoms with Crippen molar-refractivity contribution < 1.29 is 9.59 Å². The van der Waals surface area contributed by atoms with E-state index >= 15 is 0 Å². The van der Waals surface area contributed by atoms with Crippen LogP contribution in [0.2, 0.25) is 0 Å². The summed E-state index contributed by atoms with van der Waals surface area (Å²) in [4.78, 5) is 22.3. The third kappa shape index (κ3) is 2.78. The molecule has 1 aliphatic rings. The molecule has 0 radical (unpaired) electrons. The van der Waals surface area contributed by atoms with E-state index in [9.17, 15) is 9.59 Å². The average Bonchev–Trinajstić information content (AvgIpc) is 2.55. The number of nitrogens with one attached hydrogen (secondary N) is 2. The molecule has 0 bridgehead atoms. The fourth-order valence-electron chi connectivity index (χ4n) is 1.23. The predicted molar refractivity (Wildman–Crippen MR) is 47.8 cm³/mol. The van der Waals surface area contributed by atoms with Crippen LogP contribution in [-0.4, -0.2) is 30.4 Å². The van der Waals surface area contributed by atoms with Crippen LogP contribution in [0.5, 0.6) is 0 Å². The minimum Gasteiger partial charge on any atom is -0.320 e. The van der Waals surface area contributed by atoms with Gasteiger partial charge in [0.1, 0.15) is 0 Å². The molecule has 0 unspecified atom stereocenters. The van der Waals surface area contributed by atoms with Gasteiger partial charge in [-0.05, 0) is 26.3 Å². The number of rotatable bonds is 2. The van der Waals surface area contributed by atoms with Gasteiger partial charge in [0.25, 0.3) is 0 Å². The van der Waals surface area contributed by atoms with Crippen molar-refractivity contribution in [3.8, 4) is 0 Å². The summed E-state index contributed by atoms with van der Waals surface area (Å²) in [6, 6.07) is -0.854. The standard InChI is InChI=1S/C8H15N3O2/c1-5(9)7(12)11-8(13)6-3-2-4-10-6/h5-6,10H,2-4,9H2,1H3,(H,11,12,13)/t5-,6-/m0/s1. The van der Waals surface area contributed by atoms with Crippen molar-refractivity contribution in [2.75, 3.05) is 6.54 Å². The zero-order chi connectivity index (χ0) is 9.84. The minimum atomic E-state index is -0.634. The molecule has 1 rings (SSSR count). The molecule has 0 aromatic heterocycles. The maximum Gasteiger partial charge on any atom is 0.243 e. The zero-order valence-corrected chi connectivity index (χ0v) is 7.67. The van der Waals surface area contributed by atoms with Gasteiger partial charge in [-0.3, -0.25) is 14.9 Å². The molecule has 1 heterocycles. The molecule has 1 aliphatic heterocycles. The topological polar surface area (TPSA) is 84.2 Å². The average molecular weight is 185 g/mol. The van der Waals surface area contributed by atoms with Crippen molar-refractivity contribution in [1.82, 2.24) is 10.6 Å². The summed E-state index contributed by atoms with van der Waals surface area (Å²) in [5.74, 6) is -0.682. The van der Waals surface area contributed by atoms with Crippen LogP contribution in [0, 0.1) is 0 Å². The van der Waals surface area contributed by atoms with Crippen LogP contribution in [0.3, 0.4) is 0 Å². The highest BCUT2D eigenvalue weighted by molar-refractivity contribution is 5.99. The Kier molecular flexibility index (Phi) is 3.39. The van der Waals surface area contributed by atoms with E-state index in [1.54, 1.807) is 6.92 Å². The Bertz CT molecular complexity index is 209. The first-order valence-electron chi connectivity index (χ1n) is 4.45. The fraction of sp³-hybridized carbons (Fsp3) is 0.750. The second kappa shape index (κ2) is 4.34. The normalized spacial score (nSPS) is 24.0. The van der Waals surface area contributed by atoms with E-state index in [2.05, 4.69) is 10.6 Å². The smallest absolute Gasteiger partial charge is 0.243 e. The maximum atomic E-state index is 11.3. The summed E-state index contributed by atoms with van der Waals surface area (Å²) in [6.07, 6.45) is 1.77. The molecule has 1 fully saturated rings. The molecular formula is C8H15N3O2. The summed E-state index contributed by atoms with van der Waals surface area (Å²) in [6.45, 7) is 2.38. The maximum absolute atomic E-state index is 11.3. The second-order valence-electron chi connectivity index (χ2n) is 3.29. The first kappa shape index (κ1) is 10.1. The van der Waals surface area contributed by atoms with Crippen molar-refractivity contribution in [1.29, 1.82) is 0 Å². The van der Waals surface area contributed by atoms with E-state index in [1.165, 1.54) is 0 Å². The van der Waals surface area contributed by atoms with Crippen molar-refractivity contribution in [3.63, 3.8) is 0 Å². The molecule has 4 N–H and O–H groups in total. The summed E-state index contributed by atoms with van der Waals surface area (Å²) in [5.41, 5.74) is 5.30. The van der Waals surface area contributed by atoms with Crippen LogP contribution in [0.15, 0.2) is 0 Å². The molecule has 2 amide bonds. The highest BCUT2D eigenvalue weighted by Crippen LogP contribution is 2.04. The Morgan fingerprint density at radius 3 is 2.77 bits per heavy atom. The first-order chi connectivity index (χ1) is 6.11. The van der Waals surface area contributed by atoms with Gasteiger partial charge >= 0.3 is 0 Å². The molecule has 0 saturated carbocycles. The fourth-order valence-corrected chi connectivity index (χ4v) is 1.23. The lowest BCUT2D eigenvalue weighted by atomic mass is 10.2. The summed E-state index contributed by atoms with van der Waals surface area (Å²) in [5, 5.41) is 5.25. The predicted octanol–water partition coefficient (Wildman–Crippen LogP) is -1.27. The number of nitrogens with two attached hydrogens (primary N) is 1. The van der Waals surface area contributed by atoms with Crippen LogP contribution < -0.4 is 16.4 Å². The highest BCUT2D eigenvalue weighted by Gasteiger charge is 2.24. The number of hydrogen-bond donors (Lipinski definition) is 3. The number of carbonyl (C=O) groups excluding carboxylic acids is 2. The van der Waals surface area contributed by atoms with Gasteiger partial charge in [-0.15, -0.1) is 0 Å². The van der Waals surface area contributed by atoms with Crippen molar-refractivity contribution >= 4 is 11.8 Å². The van der Waals surface area contributed by atoms with Gasteiger partial charge in [-0.2, -0.15) is 0 Å².